The molecule has 2 aromatic carbocycles. The van der Waals surface area contributed by atoms with E-state index in [4.69, 9.17) is 0 Å². The summed E-state index contributed by atoms with van der Waals surface area (Å²) in [6, 6.07) is 15.6. The fourth-order valence-corrected chi connectivity index (χ4v) is 4.14. The summed E-state index contributed by atoms with van der Waals surface area (Å²) in [6.07, 6.45) is 6.63. The lowest BCUT2D eigenvalue weighted by molar-refractivity contribution is 0.102. The number of hydrogen-bond donors (Lipinski definition) is 2. The van der Waals surface area contributed by atoms with E-state index in [1.54, 1.807) is 0 Å². The minimum Gasteiger partial charge on any atom is -0.322 e. The maximum Gasteiger partial charge on any atom is 0.267 e. The molecule has 0 bridgehead atoms. The second-order valence-corrected chi connectivity index (χ2v) is 7.94. The molecular weight excluding hydrogens is 374 g/mol. The van der Waals surface area contributed by atoms with Crippen LogP contribution in [0.5, 0.6) is 0 Å². The molecule has 2 N–H and O–H groups in total. The number of hydrogen-bond acceptors (Lipinski definition) is 3. The van der Waals surface area contributed by atoms with E-state index in [1.807, 2.05) is 48.5 Å². The van der Waals surface area contributed by atoms with Gasteiger partial charge in [0.2, 0.25) is 0 Å². The number of aryl methyl sites for hydroxylation is 1. The Bertz CT molecular complexity index is 1100. The highest BCUT2D eigenvalue weighted by Crippen LogP contribution is 2.23. The lowest BCUT2D eigenvalue weighted by Crippen LogP contribution is -2.23. The van der Waals surface area contributed by atoms with Gasteiger partial charge in [0.05, 0.1) is 5.69 Å². The lowest BCUT2D eigenvalue weighted by Gasteiger charge is -2.17. The summed E-state index contributed by atoms with van der Waals surface area (Å²) in [5.74, 6) is -0.116. The SMILES string of the molecule is CCCc1ccc(C(=O)Nc2cccc(Cc3n[nH]c(=O)c4c3CCCC4)c2)cc1. The summed E-state index contributed by atoms with van der Waals surface area (Å²) >= 11 is 0. The Kier molecular flexibility index (Phi) is 6.07. The van der Waals surface area contributed by atoms with Crippen molar-refractivity contribution in [2.45, 2.75) is 51.9 Å². The average molecular weight is 402 g/mol. The summed E-state index contributed by atoms with van der Waals surface area (Å²) in [4.78, 5) is 24.7. The van der Waals surface area contributed by atoms with Crippen molar-refractivity contribution in [3.63, 3.8) is 0 Å². The third-order valence-electron chi connectivity index (χ3n) is 5.69. The van der Waals surface area contributed by atoms with Crippen molar-refractivity contribution in [1.29, 1.82) is 0 Å². The number of nitrogens with one attached hydrogen (secondary N) is 2. The Morgan fingerprint density at radius 2 is 1.80 bits per heavy atom. The van der Waals surface area contributed by atoms with Crippen LogP contribution in [0.25, 0.3) is 0 Å². The maximum atomic E-state index is 12.6. The monoisotopic (exact) mass is 401 g/mol. The fraction of sp³-hybridized carbons (Fsp3) is 0.320. The van der Waals surface area contributed by atoms with Crippen molar-refractivity contribution < 1.29 is 4.79 Å². The number of anilines is 1. The second kappa shape index (κ2) is 9.08. The first-order valence-corrected chi connectivity index (χ1v) is 10.7. The topological polar surface area (TPSA) is 74.8 Å². The summed E-state index contributed by atoms with van der Waals surface area (Å²) < 4.78 is 0. The highest BCUT2D eigenvalue weighted by molar-refractivity contribution is 6.04. The van der Waals surface area contributed by atoms with E-state index in [2.05, 4.69) is 22.4 Å². The van der Waals surface area contributed by atoms with Crippen LogP contribution in [0.4, 0.5) is 5.69 Å². The van der Waals surface area contributed by atoms with Crippen LogP contribution in [0.15, 0.2) is 53.3 Å². The van der Waals surface area contributed by atoms with Crippen molar-refractivity contribution in [2.75, 3.05) is 5.32 Å². The third-order valence-corrected chi connectivity index (χ3v) is 5.69. The van der Waals surface area contributed by atoms with Gasteiger partial charge in [-0.15, -0.1) is 0 Å². The zero-order valence-electron chi connectivity index (χ0n) is 17.3. The van der Waals surface area contributed by atoms with Crippen LogP contribution in [0.2, 0.25) is 0 Å². The number of carbonyl (C=O) groups is 1. The van der Waals surface area contributed by atoms with Gasteiger partial charge < -0.3 is 5.32 Å². The number of benzene rings is 2. The molecule has 0 fully saturated rings. The van der Waals surface area contributed by atoms with Gasteiger partial charge in [-0.1, -0.05) is 37.6 Å². The predicted octanol–water partition coefficient (Wildman–Crippen LogP) is 4.44. The van der Waals surface area contributed by atoms with Gasteiger partial charge in [0.15, 0.2) is 0 Å². The molecule has 0 spiro atoms. The van der Waals surface area contributed by atoms with E-state index >= 15 is 0 Å². The molecule has 4 rings (SSSR count). The van der Waals surface area contributed by atoms with E-state index in [0.717, 1.165) is 66.6 Å². The van der Waals surface area contributed by atoms with E-state index in [9.17, 15) is 9.59 Å². The summed E-state index contributed by atoms with van der Waals surface area (Å²) in [7, 11) is 0. The van der Waals surface area contributed by atoms with Gasteiger partial charge in [-0.25, -0.2) is 5.10 Å². The van der Waals surface area contributed by atoms with Crippen molar-refractivity contribution in [3.05, 3.63) is 92.4 Å². The number of nitrogens with zero attached hydrogens (tertiary/aromatic N) is 1. The largest absolute Gasteiger partial charge is 0.322 e. The minimum absolute atomic E-state index is 0.0561. The molecular formula is C25H27N3O2. The van der Waals surface area contributed by atoms with Gasteiger partial charge in [0.25, 0.3) is 11.5 Å². The maximum absolute atomic E-state index is 12.6. The third kappa shape index (κ3) is 4.51. The van der Waals surface area contributed by atoms with Gasteiger partial charge in [0, 0.05) is 23.2 Å². The highest BCUT2D eigenvalue weighted by Gasteiger charge is 2.18. The predicted molar refractivity (Wildman–Crippen MR) is 119 cm³/mol. The minimum atomic E-state index is -0.116. The molecule has 1 aliphatic carbocycles. The first-order chi connectivity index (χ1) is 14.6. The second-order valence-electron chi connectivity index (χ2n) is 7.94. The smallest absolute Gasteiger partial charge is 0.267 e. The Morgan fingerprint density at radius 1 is 1.03 bits per heavy atom. The number of H-pyrrole nitrogens is 1. The lowest BCUT2D eigenvalue weighted by atomic mass is 9.90. The number of aromatic nitrogens is 2. The Balaban J connectivity index is 1.49. The molecule has 5 nitrogen and oxygen atoms in total. The van der Waals surface area contributed by atoms with E-state index in [1.165, 1.54) is 5.56 Å². The normalized spacial score (nSPS) is 13.0. The van der Waals surface area contributed by atoms with Crippen molar-refractivity contribution in [3.8, 4) is 0 Å². The molecule has 1 aliphatic rings. The number of carbonyl (C=O) groups excluding carboxylic acids is 1. The van der Waals surface area contributed by atoms with Crippen molar-refractivity contribution >= 4 is 11.6 Å². The molecule has 0 radical (unpaired) electrons. The van der Waals surface area contributed by atoms with Gasteiger partial charge in [-0.05, 0) is 73.1 Å². The molecule has 0 aliphatic heterocycles. The molecule has 0 atom stereocenters. The van der Waals surface area contributed by atoms with Gasteiger partial charge in [-0.3, -0.25) is 9.59 Å². The Hall–Kier alpha value is -3.21. The number of amides is 1. The first kappa shape index (κ1) is 20.1. The van der Waals surface area contributed by atoms with Crippen LogP contribution in [0, 0.1) is 0 Å². The zero-order chi connectivity index (χ0) is 20.9. The molecule has 30 heavy (non-hydrogen) atoms. The summed E-state index contributed by atoms with van der Waals surface area (Å²) in [6.45, 7) is 2.14. The number of rotatable bonds is 6. The van der Waals surface area contributed by atoms with Crippen LogP contribution >= 0.6 is 0 Å². The Labute approximate surface area is 176 Å². The molecule has 0 saturated heterocycles. The van der Waals surface area contributed by atoms with E-state index in [0.29, 0.717) is 12.0 Å². The highest BCUT2D eigenvalue weighted by atomic mass is 16.1. The molecule has 1 aromatic heterocycles. The van der Waals surface area contributed by atoms with Crippen LogP contribution < -0.4 is 10.9 Å². The molecule has 3 aromatic rings. The average Bonchev–Trinajstić information content (AvgIpc) is 2.77. The van der Waals surface area contributed by atoms with Gasteiger partial charge in [0.1, 0.15) is 0 Å². The summed E-state index contributed by atoms with van der Waals surface area (Å²) in [5, 5.41) is 9.97. The molecule has 0 saturated carbocycles. The van der Waals surface area contributed by atoms with Crippen LogP contribution in [0.1, 0.15) is 64.5 Å². The van der Waals surface area contributed by atoms with Crippen molar-refractivity contribution in [1.82, 2.24) is 10.2 Å². The van der Waals surface area contributed by atoms with Crippen LogP contribution in [-0.2, 0) is 25.7 Å². The zero-order valence-corrected chi connectivity index (χ0v) is 17.3. The van der Waals surface area contributed by atoms with Crippen LogP contribution in [0.3, 0.4) is 0 Å². The summed E-state index contributed by atoms with van der Waals surface area (Å²) in [5.41, 5.74) is 6.57. The standard InChI is InChI=1S/C25H27N3O2/c1-2-6-17-11-13-19(14-12-17)24(29)26-20-8-5-7-18(15-20)16-23-21-9-3-4-10-22(21)25(30)28-27-23/h5,7-8,11-15H,2-4,6,9-10,16H2,1H3,(H,26,29)(H,28,30). The first-order valence-electron chi connectivity index (χ1n) is 10.7. The quantitative estimate of drug-likeness (QED) is 0.641. The van der Waals surface area contributed by atoms with Gasteiger partial charge in [-0.2, -0.15) is 5.10 Å². The van der Waals surface area contributed by atoms with Crippen LogP contribution in [-0.4, -0.2) is 16.1 Å². The molecule has 5 heteroatoms. The molecule has 154 valence electrons. The number of fused-ring (bicyclic) bond motifs is 1. The van der Waals surface area contributed by atoms with Gasteiger partial charge >= 0.3 is 0 Å². The van der Waals surface area contributed by atoms with E-state index < -0.39 is 0 Å². The molecule has 0 unspecified atom stereocenters. The number of aromatic amines is 1. The van der Waals surface area contributed by atoms with E-state index in [-0.39, 0.29) is 11.5 Å². The Morgan fingerprint density at radius 3 is 2.57 bits per heavy atom. The molecule has 1 heterocycles. The fourth-order valence-electron chi connectivity index (χ4n) is 4.14. The van der Waals surface area contributed by atoms with Crippen molar-refractivity contribution in [2.24, 2.45) is 0 Å². The molecule has 1 amide bonds.